The maximum Gasteiger partial charge on any atom is 0.183 e. The fourth-order valence-electron chi connectivity index (χ4n) is 1.39. The van der Waals surface area contributed by atoms with Crippen molar-refractivity contribution in [3.8, 4) is 11.8 Å². The summed E-state index contributed by atoms with van der Waals surface area (Å²) in [5.74, 6) is 0.975. The van der Waals surface area contributed by atoms with Gasteiger partial charge in [-0.3, -0.25) is 0 Å². The van der Waals surface area contributed by atoms with E-state index in [-0.39, 0.29) is 5.69 Å². The highest BCUT2D eigenvalue weighted by molar-refractivity contribution is 6.32. The molecule has 90 valence electrons. The zero-order valence-corrected chi connectivity index (χ0v) is 10.3. The number of methoxy groups -OCH3 is 1. The summed E-state index contributed by atoms with van der Waals surface area (Å²) in [5.41, 5.74) is 0.933. The van der Waals surface area contributed by atoms with Gasteiger partial charge in [0.1, 0.15) is 11.8 Å². The molecule has 0 unspecified atom stereocenters. The number of aromatic nitrogens is 2. The van der Waals surface area contributed by atoms with E-state index in [1.54, 1.807) is 25.3 Å². The zero-order chi connectivity index (χ0) is 13.0. The third kappa shape index (κ3) is 2.50. The van der Waals surface area contributed by atoms with Gasteiger partial charge in [-0.1, -0.05) is 11.6 Å². The molecule has 0 aliphatic rings. The largest absolute Gasteiger partial charge is 0.495 e. The highest BCUT2D eigenvalue weighted by atomic mass is 35.5. The summed E-state index contributed by atoms with van der Waals surface area (Å²) < 4.78 is 5.06. The molecule has 1 aromatic carbocycles. The molecule has 2 aromatic rings. The van der Waals surface area contributed by atoms with E-state index in [1.807, 2.05) is 6.07 Å². The van der Waals surface area contributed by atoms with Crippen molar-refractivity contribution in [2.45, 2.75) is 0 Å². The molecule has 5 nitrogen and oxygen atoms in total. The van der Waals surface area contributed by atoms with Crippen LogP contribution >= 0.6 is 11.6 Å². The van der Waals surface area contributed by atoms with Crippen molar-refractivity contribution in [3.05, 3.63) is 41.3 Å². The third-order valence-corrected chi connectivity index (χ3v) is 2.51. The van der Waals surface area contributed by atoms with Crippen molar-refractivity contribution >= 4 is 23.1 Å². The fraction of sp³-hybridized carbons (Fsp3) is 0.0833. The van der Waals surface area contributed by atoms with Crippen molar-refractivity contribution in [2.75, 3.05) is 12.4 Å². The van der Waals surface area contributed by atoms with Crippen LogP contribution in [0.25, 0.3) is 0 Å². The Morgan fingerprint density at radius 2 is 2.11 bits per heavy atom. The molecule has 0 amide bonds. The average molecular weight is 261 g/mol. The van der Waals surface area contributed by atoms with Crippen molar-refractivity contribution in [3.63, 3.8) is 0 Å². The third-order valence-electron chi connectivity index (χ3n) is 2.22. The molecule has 0 radical (unpaired) electrons. The predicted molar refractivity (Wildman–Crippen MR) is 68.0 cm³/mol. The van der Waals surface area contributed by atoms with E-state index in [9.17, 15) is 0 Å². The number of ether oxygens (including phenoxy) is 1. The van der Waals surface area contributed by atoms with Crippen LogP contribution in [0.2, 0.25) is 5.02 Å². The number of rotatable bonds is 3. The molecular formula is C12H9ClN4O. The Bertz CT molecular complexity index is 609. The van der Waals surface area contributed by atoms with E-state index in [0.717, 1.165) is 0 Å². The molecule has 1 N–H and O–H groups in total. The quantitative estimate of drug-likeness (QED) is 0.919. The van der Waals surface area contributed by atoms with E-state index >= 15 is 0 Å². The molecule has 0 aliphatic heterocycles. The molecular weight excluding hydrogens is 252 g/mol. The number of nitriles is 1. The maximum absolute atomic E-state index is 8.89. The maximum atomic E-state index is 8.89. The van der Waals surface area contributed by atoms with E-state index in [0.29, 0.717) is 22.3 Å². The van der Waals surface area contributed by atoms with Gasteiger partial charge < -0.3 is 10.1 Å². The Labute approximate surface area is 109 Å². The average Bonchev–Trinajstić information content (AvgIpc) is 2.39. The van der Waals surface area contributed by atoms with Crippen LogP contribution in [-0.4, -0.2) is 17.1 Å². The summed E-state index contributed by atoms with van der Waals surface area (Å²) in [6.45, 7) is 0. The lowest BCUT2D eigenvalue weighted by Crippen LogP contribution is -1.98. The van der Waals surface area contributed by atoms with E-state index in [4.69, 9.17) is 21.6 Å². The number of hydrogen-bond acceptors (Lipinski definition) is 5. The highest BCUT2D eigenvalue weighted by Gasteiger charge is 2.06. The summed E-state index contributed by atoms with van der Waals surface area (Å²) in [6, 6.07) is 7.16. The van der Waals surface area contributed by atoms with Crippen molar-refractivity contribution in [1.82, 2.24) is 9.97 Å². The predicted octanol–water partition coefficient (Wildman–Crippen LogP) is 2.75. The van der Waals surface area contributed by atoms with Gasteiger partial charge in [0.2, 0.25) is 0 Å². The minimum atomic E-state index is 0.226. The van der Waals surface area contributed by atoms with Gasteiger partial charge in [0.05, 0.1) is 12.1 Å². The normalized spacial score (nSPS) is 9.61. The fourth-order valence-corrected chi connectivity index (χ4v) is 1.65. The van der Waals surface area contributed by atoms with Gasteiger partial charge >= 0.3 is 0 Å². The SMILES string of the molecule is COc1ccc(Nc2nccnc2C#N)cc1Cl. The van der Waals surface area contributed by atoms with Crippen LogP contribution in [0.3, 0.4) is 0 Å². The van der Waals surface area contributed by atoms with Crippen LogP contribution in [0.5, 0.6) is 5.75 Å². The molecule has 18 heavy (non-hydrogen) atoms. The first kappa shape index (κ1) is 12.1. The van der Waals surface area contributed by atoms with Crippen molar-refractivity contribution < 1.29 is 4.74 Å². The highest BCUT2D eigenvalue weighted by Crippen LogP contribution is 2.28. The lowest BCUT2D eigenvalue weighted by molar-refractivity contribution is 0.415. The second-order valence-corrected chi connectivity index (χ2v) is 3.75. The minimum Gasteiger partial charge on any atom is -0.495 e. The van der Waals surface area contributed by atoms with Gasteiger partial charge in [-0.15, -0.1) is 0 Å². The molecule has 1 heterocycles. The van der Waals surface area contributed by atoms with Gasteiger partial charge in [0.15, 0.2) is 11.5 Å². The first-order chi connectivity index (χ1) is 8.74. The Balaban J connectivity index is 2.29. The standard InChI is InChI=1S/C12H9ClN4O/c1-18-11-3-2-8(6-9(11)13)17-12-10(7-14)15-4-5-16-12/h2-6H,1H3,(H,16,17). The topological polar surface area (TPSA) is 70.8 Å². The number of benzene rings is 1. The molecule has 6 heteroatoms. The molecule has 1 aromatic heterocycles. The smallest absolute Gasteiger partial charge is 0.183 e. The lowest BCUT2D eigenvalue weighted by atomic mass is 10.3. The Morgan fingerprint density at radius 3 is 2.78 bits per heavy atom. The van der Waals surface area contributed by atoms with Crippen LogP contribution < -0.4 is 10.1 Å². The second-order valence-electron chi connectivity index (χ2n) is 3.34. The first-order valence-electron chi connectivity index (χ1n) is 5.06. The van der Waals surface area contributed by atoms with E-state index in [2.05, 4.69) is 15.3 Å². The Hall–Kier alpha value is -2.32. The lowest BCUT2D eigenvalue weighted by Gasteiger charge is -2.08. The zero-order valence-electron chi connectivity index (χ0n) is 9.51. The number of hydrogen-bond donors (Lipinski definition) is 1. The molecule has 2 rings (SSSR count). The Morgan fingerprint density at radius 1 is 1.33 bits per heavy atom. The second kappa shape index (κ2) is 5.34. The van der Waals surface area contributed by atoms with Gasteiger partial charge in [0, 0.05) is 18.1 Å². The van der Waals surface area contributed by atoms with Crippen molar-refractivity contribution in [1.29, 1.82) is 5.26 Å². The summed E-state index contributed by atoms with van der Waals surface area (Å²) in [7, 11) is 1.55. The molecule has 0 aliphatic carbocycles. The molecule has 0 fully saturated rings. The first-order valence-corrected chi connectivity index (χ1v) is 5.44. The Kier molecular flexibility index (Phi) is 3.60. The van der Waals surface area contributed by atoms with Gasteiger partial charge in [-0.25, -0.2) is 9.97 Å². The number of nitrogens with one attached hydrogen (secondary N) is 1. The molecule has 0 bridgehead atoms. The summed E-state index contributed by atoms with van der Waals surface area (Å²) in [5, 5.41) is 12.4. The van der Waals surface area contributed by atoms with Crippen LogP contribution in [0.15, 0.2) is 30.6 Å². The van der Waals surface area contributed by atoms with E-state index < -0.39 is 0 Å². The molecule has 0 spiro atoms. The van der Waals surface area contributed by atoms with Crippen molar-refractivity contribution in [2.24, 2.45) is 0 Å². The summed E-state index contributed by atoms with van der Waals surface area (Å²) in [6.07, 6.45) is 2.97. The van der Waals surface area contributed by atoms with Crippen LogP contribution in [0, 0.1) is 11.3 Å². The van der Waals surface area contributed by atoms with E-state index in [1.165, 1.54) is 12.4 Å². The van der Waals surface area contributed by atoms with Gasteiger partial charge in [-0.05, 0) is 18.2 Å². The number of anilines is 2. The van der Waals surface area contributed by atoms with Crippen LogP contribution in [0.1, 0.15) is 5.69 Å². The minimum absolute atomic E-state index is 0.226. The molecule has 0 atom stereocenters. The summed E-state index contributed by atoms with van der Waals surface area (Å²) >= 11 is 6.00. The summed E-state index contributed by atoms with van der Waals surface area (Å²) in [4.78, 5) is 7.95. The van der Waals surface area contributed by atoms with Gasteiger partial charge in [0.25, 0.3) is 0 Å². The number of nitrogens with zero attached hydrogens (tertiary/aromatic N) is 3. The van der Waals surface area contributed by atoms with Crippen LogP contribution in [-0.2, 0) is 0 Å². The molecule has 0 saturated heterocycles. The monoisotopic (exact) mass is 260 g/mol. The van der Waals surface area contributed by atoms with Gasteiger partial charge in [-0.2, -0.15) is 5.26 Å². The molecule has 0 saturated carbocycles. The van der Waals surface area contributed by atoms with Crippen LogP contribution in [0.4, 0.5) is 11.5 Å². The number of halogens is 1.